The van der Waals surface area contributed by atoms with Crippen molar-refractivity contribution in [3.63, 3.8) is 0 Å². The second-order valence-electron chi connectivity index (χ2n) is 5.45. The zero-order valence-corrected chi connectivity index (χ0v) is 15.0. The van der Waals surface area contributed by atoms with Crippen molar-refractivity contribution >= 4 is 29.2 Å². The number of nitrogens with zero attached hydrogens (tertiary/aromatic N) is 2. The predicted octanol–water partition coefficient (Wildman–Crippen LogP) is 4.90. The van der Waals surface area contributed by atoms with Crippen LogP contribution in [0.5, 0.6) is 0 Å². The first-order valence-corrected chi connectivity index (χ1v) is 8.82. The van der Waals surface area contributed by atoms with Gasteiger partial charge in [0.2, 0.25) is 0 Å². The number of thioether (sulfide) groups is 1. The fourth-order valence-electron chi connectivity index (χ4n) is 2.04. The molecule has 0 atom stereocenters. The van der Waals surface area contributed by atoms with Gasteiger partial charge in [-0.15, -0.1) is 0 Å². The van der Waals surface area contributed by atoms with E-state index in [0.717, 1.165) is 36.6 Å². The van der Waals surface area contributed by atoms with Crippen LogP contribution >= 0.6 is 23.4 Å². The van der Waals surface area contributed by atoms with Crippen LogP contribution in [0, 0.1) is 6.92 Å². The lowest BCUT2D eigenvalue weighted by Crippen LogP contribution is -2.32. The fourth-order valence-corrected chi connectivity index (χ4v) is 3.01. The molecule has 0 aromatic carbocycles. The number of hydrogen-bond donors (Lipinski definition) is 1. The van der Waals surface area contributed by atoms with E-state index in [1.807, 2.05) is 18.7 Å². The van der Waals surface area contributed by atoms with Gasteiger partial charge in [-0.2, -0.15) is 11.8 Å². The Morgan fingerprint density at radius 2 is 1.85 bits per heavy atom. The van der Waals surface area contributed by atoms with E-state index < -0.39 is 0 Å². The molecule has 114 valence electrons. The first-order chi connectivity index (χ1) is 9.39. The fraction of sp³-hybridized carbons (Fsp3) is 0.733. The van der Waals surface area contributed by atoms with Crippen molar-refractivity contribution in [2.24, 2.45) is 0 Å². The quantitative estimate of drug-likeness (QED) is 0.726. The highest BCUT2D eigenvalue weighted by atomic mass is 35.5. The van der Waals surface area contributed by atoms with Crippen LogP contribution in [-0.2, 0) is 0 Å². The summed E-state index contributed by atoms with van der Waals surface area (Å²) in [6.45, 7) is 11.5. The van der Waals surface area contributed by atoms with Crippen molar-refractivity contribution in [3.8, 4) is 0 Å². The molecule has 1 N–H and O–H groups in total. The summed E-state index contributed by atoms with van der Waals surface area (Å²) < 4.78 is 0.252. The first-order valence-electron chi connectivity index (χ1n) is 7.22. The third-order valence-electron chi connectivity index (χ3n) is 3.92. The second-order valence-corrected chi connectivity index (χ2v) is 7.08. The van der Waals surface area contributed by atoms with E-state index in [0.29, 0.717) is 5.15 Å². The molecule has 1 heterocycles. The molecule has 0 saturated carbocycles. The molecular weight excluding hydrogens is 290 g/mol. The van der Waals surface area contributed by atoms with Crippen molar-refractivity contribution in [2.45, 2.75) is 58.1 Å². The van der Waals surface area contributed by atoms with Crippen molar-refractivity contribution in [2.75, 3.05) is 18.1 Å². The standard InChI is InChI=1S/C15H26ClN3S/c1-7-15(8-2,20-6)9-17-14-11(5)12(16)18-13(19-14)10(3)4/h10H,7-9H2,1-6H3,(H,17,18,19). The molecule has 0 radical (unpaired) electrons. The summed E-state index contributed by atoms with van der Waals surface area (Å²) >= 11 is 8.14. The topological polar surface area (TPSA) is 37.8 Å². The van der Waals surface area contributed by atoms with Crippen LogP contribution in [0.1, 0.15) is 57.8 Å². The normalized spacial score (nSPS) is 12.0. The maximum absolute atomic E-state index is 6.22. The summed E-state index contributed by atoms with van der Waals surface area (Å²) in [6.07, 6.45) is 4.44. The molecule has 1 aromatic rings. The Hall–Kier alpha value is -0.480. The average Bonchev–Trinajstić information content (AvgIpc) is 2.44. The van der Waals surface area contributed by atoms with Crippen LogP contribution in [0.3, 0.4) is 0 Å². The monoisotopic (exact) mass is 315 g/mol. The summed E-state index contributed by atoms with van der Waals surface area (Å²) in [5.41, 5.74) is 0.929. The molecule has 3 nitrogen and oxygen atoms in total. The van der Waals surface area contributed by atoms with Gasteiger partial charge in [0.15, 0.2) is 0 Å². The van der Waals surface area contributed by atoms with Crippen LogP contribution in [-0.4, -0.2) is 27.5 Å². The van der Waals surface area contributed by atoms with Crippen LogP contribution < -0.4 is 5.32 Å². The molecule has 1 rings (SSSR count). The molecule has 5 heteroatoms. The highest BCUT2D eigenvalue weighted by Crippen LogP contribution is 2.31. The summed E-state index contributed by atoms with van der Waals surface area (Å²) in [6, 6.07) is 0. The van der Waals surface area contributed by atoms with Crippen molar-refractivity contribution < 1.29 is 0 Å². The molecule has 0 saturated heterocycles. The molecular formula is C15H26ClN3S. The van der Waals surface area contributed by atoms with Gasteiger partial charge in [0.25, 0.3) is 0 Å². The van der Waals surface area contributed by atoms with E-state index in [2.05, 4.69) is 49.2 Å². The highest BCUT2D eigenvalue weighted by Gasteiger charge is 2.25. The van der Waals surface area contributed by atoms with Gasteiger partial charge < -0.3 is 5.32 Å². The van der Waals surface area contributed by atoms with E-state index in [1.54, 1.807) is 0 Å². The minimum atomic E-state index is 0.252. The van der Waals surface area contributed by atoms with Gasteiger partial charge in [-0.3, -0.25) is 0 Å². The van der Waals surface area contributed by atoms with E-state index in [1.165, 1.54) is 0 Å². The molecule has 0 bridgehead atoms. The van der Waals surface area contributed by atoms with Gasteiger partial charge >= 0.3 is 0 Å². The zero-order chi connectivity index (χ0) is 15.3. The first kappa shape index (κ1) is 17.6. The maximum atomic E-state index is 6.22. The zero-order valence-electron chi connectivity index (χ0n) is 13.4. The Balaban J connectivity index is 2.97. The Morgan fingerprint density at radius 1 is 1.25 bits per heavy atom. The van der Waals surface area contributed by atoms with E-state index in [9.17, 15) is 0 Å². The smallest absolute Gasteiger partial charge is 0.137 e. The number of anilines is 1. The van der Waals surface area contributed by atoms with Crippen LogP contribution in [0.25, 0.3) is 0 Å². The Morgan fingerprint density at radius 3 is 2.30 bits per heavy atom. The van der Waals surface area contributed by atoms with E-state index in [4.69, 9.17) is 11.6 Å². The minimum absolute atomic E-state index is 0.252. The van der Waals surface area contributed by atoms with Gasteiger partial charge in [0, 0.05) is 22.8 Å². The third kappa shape index (κ3) is 4.01. The van der Waals surface area contributed by atoms with Gasteiger partial charge in [-0.05, 0) is 26.0 Å². The van der Waals surface area contributed by atoms with Gasteiger partial charge in [0.05, 0.1) is 0 Å². The summed E-state index contributed by atoms with van der Waals surface area (Å²) in [5, 5.41) is 4.04. The number of hydrogen-bond acceptors (Lipinski definition) is 4. The molecule has 0 aliphatic rings. The van der Waals surface area contributed by atoms with Crippen LogP contribution in [0.15, 0.2) is 0 Å². The average molecular weight is 316 g/mol. The molecule has 20 heavy (non-hydrogen) atoms. The largest absolute Gasteiger partial charge is 0.368 e. The van der Waals surface area contributed by atoms with Gasteiger partial charge in [0.1, 0.15) is 16.8 Å². The Bertz CT molecular complexity index is 437. The highest BCUT2D eigenvalue weighted by molar-refractivity contribution is 8.00. The lowest BCUT2D eigenvalue weighted by molar-refractivity contribution is 0.573. The maximum Gasteiger partial charge on any atom is 0.137 e. The predicted molar refractivity (Wildman–Crippen MR) is 91.2 cm³/mol. The van der Waals surface area contributed by atoms with Gasteiger partial charge in [-0.1, -0.05) is 39.3 Å². The van der Waals surface area contributed by atoms with Crippen molar-refractivity contribution in [3.05, 3.63) is 16.5 Å². The lowest BCUT2D eigenvalue weighted by atomic mass is 10.0. The second kappa shape index (κ2) is 7.51. The van der Waals surface area contributed by atoms with Crippen molar-refractivity contribution in [1.82, 2.24) is 9.97 Å². The molecule has 0 aliphatic carbocycles. The number of rotatable bonds is 7. The molecule has 0 fully saturated rings. The van der Waals surface area contributed by atoms with E-state index in [-0.39, 0.29) is 10.7 Å². The SMILES string of the molecule is CCC(CC)(CNc1nc(C(C)C)nc(Cl)c1C)SC. The minimum Gasteiger partial charge on any atom is -0.368 e. The van der Waals surface area contributed by atoms with Crippen LogP contribution in [0.2, 0.25) is 5.15 Å². The van der Waals surface area contributed by atoms with Crippen LogP contribution in [0.4, 0.5) is 5.82 Å². The molecule has 0 aliphatic heterocycles. The molecule has 0 spiro atoms. The Labute approximate surface area is 132 Å². The number of aromatic nitrogens is 2. The number of nitrogens with one attached hydrogen (secondary N) is 1. The lowest BCUT2D eigenvalue weighted by Gasteiger charge is -2.30. The Kier molecular flexibility index (Phi) is 6.59. The molecule has 0 unspecified atom stereocenters. The molecule has 1 aromatic heterocycles. The summed E-state index contributed by atoms with van der Waals surface area (Å²) in [5.74, 6) is 1.94. The van der Waals surface area contributed by atoms with Crippen molar-refractivity contribution in [1.29, 1.82) is 0 Å². The third-order valence-corrected chi connectivity index (χ3v) is 5.88. The van der Waals surface area contributed by atoms with E-state index >= 15 is 0 Å². The van der Waals surface area contributed by atoms with Gasteiger partial charge in [-0.25, -0.2) is 9.97 Å². The molecule has 0 amide bonds. The number of halogens is 1. The summed E-state index contributed by atoms with van der Waals surface area (Å²) in [4.78, 5) is 8.97. The summed E-state index contributed by atoms with van der Waals surface area (Å²) in [7, 11) is 0.